The Morgan fingerprint density at radius 1 is 1.47 bits per heavy atom. The SMILES string of the molecule is CC(C)CC(=O)OCC1CCCC(O)C1. The molecule has 1 fully saturated rings. The third-order valence-corrected chi connectivity index (χ3v) is 2.81. The minimum atomic E-state index is -0.187. The number of aliphatic hydroxyl groups excluding tert-OH is 1. The average molecular weight is 214 g/mol. The third kappa shape index (κ3) is 5.17. The van der Waals surface area contributed by atoms with E-state index in [1.54, 1.807) is 0 Å². The number of carbonyl (C=O) groups is 1. The minimum Gasteiger partial charge on any atom is -0.465 e. The third-order valence-electron chi connectivity index (χ3n) is 2.81. The lowest BCUT2D eigenvalue weighted by Crippen LogP contribution is -2.24. The molecule has 2 atom stereocenters. The van der Waals surface area contributed by atoms with Crippen molar-refractivity contribution in [2.75, 3.05) is 6.61 Å². The van der Waals surface area contributed by atoms with Crippen molar-refractivity contribution in [2.24, 2.45) is 11.8 Å². The van der Waals surface area contributed by atoms with E-state index in [1.165, 1.54) is 0 Å². The molecule has 0 saturated heterocycles. The van der Waals surface area contributed by atoms with Gasteiger partial charge < -0.3 is 9.84 Å². The molecule has 15 heavy (non-hydrogen) atoms. The molecular weight excluding hydrogens is 192 g/mol. The van der Waals surface area contributed by atoms with E-state index in [9.17, 15) is 9.90 Å². The van der Waals surface area contributed by atoms with Crippen LogP contribution in [0.15, 0.2) is 0 Å². The average Bonchev–Trinajstić information content (AvgIpc) is 2.14. The lowest BCUT2D eigenvalue weighted by atomic mass is 9.88. The van der Waals surface area contributed by atoms with Crippen LogP contribution in [0.5, 0.6) is 0 Å². The molecule has 0 aromatic carbocycles. The Balaban J connectivity index is 2.16. The Kier molecular flexibility index (Phi) is 5.09. The van der Waals surface area contributed by atoms with Gasteiger partial charge in [0.05, 0.1) is 12.7 Å². The van der Waals surface area contributed by atoms with E-state index in [4.69, 9.17) is 4.74 Å². The Morgan fingerprint density at radius 2 is 2.20 bits per heavy atom. The van der Waals surface area contributed by atoms with E-state index in [1.807, 2.05) is 13.8 Å². The van der Waals surface area contributed by atoms with Crippen LogP contribution in [0.4, 0.5) is 0 Å². The smallest absolute Gasteiger partial charge is 0.306 e. The molecule has 1 rings (SSSR count). The molecule has 2 unspecified atom stereocenters. The van der Waals surface area contributed by atoms with E-state index in [-0.39, 0.29) is 12.1 Å². The van der Waals surface area contributed by atoms with Gasteiger partial charge in [0, 0.05) is 6.42 Å². The van der Waals surface area contributed by atoms with Gasteiger partial charge >= 0.3 is 5.97 Å². The van der Waals surface area contributed by atoms with Crippen LogP contribution in [-0.4, -0.2) is 23.8 Å². The Bertz CT molecular complexity index is 201. The fourth-order valence-corrected chi connectivity index (χ4v) is 2.02. The Hall–Kier alpha value is -0.570. The summed E-state index contributed by atoms with van der Waals surface area (Å²) in [5.41, 5.74) is 0. The van der Waals surface area contributed by atoms with Crippen LogP contribution in [0.25, 0.3) is 0 Å². The normalized spacial score (nSPS) is 26.7. The number of hydrogen-bond acceptors (Lipinski definition) is 3. The van der Waals surface area contributed by atoms with Gasteiger partial charge in [0.1, 0.15) is 0 Å². The standard InChI is InChI=1S/C12H22O3/c1-9(2)6-12(14)15-8-10-4-3-5-11(13)7-10/h9-11,13H,3-8H2,1-2H3. The maximum atomic E-state index is 11.3. The van der Waals surface area contributed by atoms with Gasteiger partial charge in [0.2, 0.25) is 0 Å². The highest BCUT2D eigenvalue weighted by molar-refractivity contribution is 5.69. The van der Waals surface area contributed by atoms with Gasteiger partial charge in [-0.2, -0.15) is 0 Å². The molecule has 0 amide bonds. The van der Waals surface area contributed by atoms with Crippen molar-refractivity contribution in [3.05, 3.63) is 0 Å². The highest BCUT2D eigenvalue weighted by Gasteiger charge is 2.21. The molecule has 1 aliphatic rings. The molecule has 0 spiro atoms. The van der Waals surface area contributed by atoms with Crippen LogP contribution in [0.1, 0.15) is 46.0 Å². The topological polar surface area (TPSA) is 46.5 Å². The second-order valence-electron chi connectivity index (χ2n) is 4.97. The fraction of sp³-hybridized carbons (Fsp3) is 0.917. The largest absolute Gasteiger partial charge is 0.465 e. The van der Waals surface area contributed by atoms with E-state index in [2.05, 4.69) is 0 Å². The van der Waals surface area contributed by atoms with Crippen LogP contribution in [0.2, 0.25) is 0 Å². The van der Waals surface area contributed by atoms with Gasteiger partial charge in [0.25, 0.3) is 0 Å². The van der Waals surface area contributed by atoms with Crippen molar-refractivity contribution < 1.29 is 14.6 Å². The van der Waals surface area contributed by atoms with Gasteiger partial charge in [-0.1, -0.05) is 20.3 Å². The lowest BCUT2D eigenvalue weighted by molar-refractivity contribution is -0.146. The van der Waals surface area contributed by atoms with Gasteiger partial charge in [-0.15, -0.1) is 0 Å². The van der Waals surface area contributed by atoms with Gasteiger partial charge in [-0.25, -0.2) is 0 Å². The second-order valence-corrected chi connectivity index (χ2v) is 4.97. The molecular formula is C12H22O3. The summed E-state index contributed by atoms with van der Waals surface area (Å²) in [5, 5.41) is 9.45. The van der Waals surface area contributed by atoms with Crippen LogP contribution in [-0.2, 0) is 9.53 Å². The Labute approximate surface area is 91.8 Å². The molecule has 1 N–H and O–H groups in total. The van der Waals surface area contributed by atoms with Gasteiger partial charge in [-0.3, -0.25) is 4.79 Å². The van der Waals surface area contributed by atoms with Crippen LogP contribution in [0, 0.1) is 11.8 Å². The number of esters is 1. The number of ether oxygens (including phenoxy) is 1. The quantitative estimate of drug-likeness (QED) is 0.729. The summed E-state index contributed by atoms with van der Waals surface area (Å²) >= 11 is 0. The highest BCUT2D eigenvalue weighted by Crippen LogP contribution is 2.24. The number of hydrogen-bond donors (Lipinski definition) is 1. The lowest BCUT2D eigenvalue weighted by Gasteiger charge is -2.25. The predicted octanol–water partition coefficient (Wildman–Crippen LogP) is 2.13. The molecule has 0 aromatic rings. The summed E-state index contributed by atoms with van der Waals surface area (Å²) < 4.78 is 5.19. The predicted molar refractivity (Wildman–Crippen MR) is 58.4 cm³/mol. The maximum absolute atomic E-state index is 11.3. The molecule has 3 nitrogen and oxygen atoms in total. The molecule has 0 radical (unpaired) electrons. The van der Waals surface area contributed by atoms with Crippen molar-refractivity contribution in [3.63, 3.8) is 0 Å². The van der Waals surface area contributed by atoms with Crippen molar-refractivity contribution >= 4 is 5.97 Å². The highest BCUT2D eigenvalue weighted by atomic mass is 16.5. The minimum absolute atomic E-state index is 0.106. The first-order valence-corrected chi connectivity index (χ1v) is 5.91. The molecule has 0 aromatic heterocycles. The summed E-state index contributed by atoms with van der Waals surface area (Å²) in [6, 6.07) is 0. The molecule has 0 heterocycles. The molecule has 1 saturated carbocycles. The first-order chi connectivity index (χ1) is 7.08. The first kappa shape index (κ1) is 12.5. The number of carbonyl (C=O) groups excluding carboxylic acids is 1. The van der Waals surface area contributed by atoms with Crippen LogP contribution in [0.3, 0.4) is 0 Å². The zero-order valence-corrected chi connectivity index (χ0v) is 9.74. The zero-order valence-electron chi connectivity index (χ0n) is 9.74. The van der Waals surface area contributed by atoms with E-state index >= 15 is 0 Å². The van der Waals surface area contributed by atoms with E-state index in [0.717, 1.165) is 25.7 Å². The molecule has 88 valence electrons. The molecule has 1 aliphatic carbocycles. The van der Waals surface area contributed by atoms with Crippen molar-refractivity contribution in [1.29, 1.82) is 0 Å². The number of rotatable bonds is 4. The monoisotopic (exact) mass is 214 g/mol. The molecule has 3 heteroatoms. The summed E-state index contributed by atoms with van der Waals surface area (Å²) in [4.78, 5) is 11.3. The van der Waals surface area contributed by atoms with Gasteiger partial charge in [-0.05, 0) is 31.1 Å². The summed E-state index contributed by atoms with van der Waals surface area (Å²) in [6.07, 6.45) is 4.12. The van der Waals surface area contributed by atoms with Crippen molar-refractivity contribution in [2.45, 2.75) is 52.1 Å². The summed E-state index contributed by atoms with van der Waals surface area (Å²) in [7, 11) is 0. The summed E-state index contributed by atoms with van der Waals surface area (Å²) in [5.74, 6) is 0.615. The van der Waals surface area contributed by atoms with Gasteiger partial charge in [0.15, 0.2) is 0 Å². The maximum Gasteiger partial charge on any atom is 0.306 e. The molecule has 0 bridgehead atoms. The van der Waals surface area contributed by atoms with Crippen molar-refractivity contribution in [3.8, 4) is 0 Å². The van der Waals surface area contributed by atoms with Crippen molar-refractivity contribution in [1.82, 2.24) is 0 Å². The zero-order chi connectivity index (χ0) is 11.3. The van der Waals surface area contributed by atoms with E-state index < -0.39 is 0 Å². The van der Waals surface area contributed by atoms with E-state index in [0.29, 0.717) is 24.9 Å². The summed E-state index contributed by atoms with van der Waals surface area (Å²) in [6.45, 7) is 4.50. The number of aliphatic hydroxyl groups is 1. The second kappa shape index (κ2) is 6.11. The van der Waals surface area contributed by atoms with Crippen LogP contribution < -0.4 is 0 Å². The molecule has 0 aliphatic heterocycles. The Morgan fingerprint density at radius 3 is 2.80 bits per heavy atom. The first-order valence-electron chi connectivity index (χ1n) is 5.91. The fourth-order valence-electron chi connectivity index (χ4n) is 2.02. The van der Waals surface area contributed by atoms with Crippen LogP contribution >= 0.6 is 0 Å².